The fourth-order valence-electron chi connectivity index (χ4n) is 0.951. The average molecular weight is 235 g/mol. The Kier molecular flexibility index (Phi) is 3.41. The van der Waals surface area contributed by atoms with Crippen LogP contribution in [0.15, 0.2) is 11.4 Å². The summed E-state index contributed by atoms with van der Waals surface area (Å²) < 4.78 is 29.6. The van der Waals surface area contributed by atoms with Gasteiger partial charge in [-0.05, 0) is 13.0 Å². The molecule has 0 aliphatic rings. The van der Waals surface area contributed by atoms with Crippen LogP contribution >= 0.6 is 11.3 Å². The number of hydrogen-bond donors (Lipinski definition) is 1. The number of esters is 1. The fraction of sp³-hybridized carbons (Fsp3) is 0.444. The molecule has 0 bridgehead atoms. The van der Waals surface area contributed by atoms with E-state index in [0.29, 0.717) is 0 Å². The summed E-state index contributed by atoms with van der Waals surface area (Å²) in [5.41, 5.74) is 3.96. The normalized spacial score (nSPS) is 15.1. The van der Waals surface area contributed by atoms with Crippen molar-refractivity contribution in [1.29, 1.82) is 0 Å². The summed E-state index contributed by atoms with van der Waals surface area (Å²) in [6.45, 7) is 1.23. The van der Waals surface area contributed by atoms with Crippen LogP contribution in [0, 0.1) is 0 Å². The Balaban J connectivity index is 2.98. The third kappa shape index (κ3) is 2.32. The number of carbonyl (C=O) groups excluding carboxylic acids is 1. The lowest BCUT2D eigenvalue weighted by Gasteiger charge is -2.21. The van der Waals surface area contributed by atoms with Gasteiger partial charge in [0.2, 0.25) is 0 Å². The molecule has 1 aromatic rings. The van der Waals surface area contributed by atoms with Crippen LogP contribution in [0.1, 0.15) is 22.2 Å². The van der Waals surface area contributed by atoms with Crippen LogP contribution in [0.25, 0.3) is 0 Å². The van der Waals surface area contributed by atoms with E-state index in [2.05, 4.69) is 4.74 Å². The first-order chi connectivity index (χ1) is 6.89. The number of ether oxygens (including phenoxy) is 1. The first kappa shape index (κ1) is 12.1. The molecule has 1 rings (SSSR count). The van der Waals surface area contributed by atoms with Gasteiger partial charge in [-0.1, -0.05) is 0 Å². The van der Waals surface area contributed by atoms with Crippen molar-refractivity contribution >= 4 is 17.3 Å². The molecule has 84 valence electrons. The molecule has 6 heteroatoms. The summed E-state index contributed by atoms with van der Waals surface area (Å²) in [5, 5.41) is 1.45. The summed E-state index contributed by atoms with van der Waals surface area (Å²) in [6, 6.07) is 1.34. The minimum absolute atomic E-state index is 0.245. The molecule has 3 nitrogen and oxygen atoms in total. The fourth-order valence-corrected chi connectivity index (χ4v) is 1.91. The van der Waals surface area contributed by atoms with Crippen molar-refractivity contribution in [3.8, 4) is 0 Å². The first-order valence-electron chi connectivity index (χ1n) is 4.14. The Hall–Kier alpha value is -1.01. The van der Waals surface area contributed by atoms with Gasteiger partial charge in [0.1, 0.15) is 5.54 Å². The van der Waals surface area contributed by atoms with E-state index in [0.717, 1.165) is 11.3 Å². The molecular weight excluding hydrogens is 224 g/mol. The van der Waals surface area contributed by atoms with E-state index >= 15 is 0 Å². The molecule has 2 N–H and O–H groups in total. The van der Waals surface area contributed by atoms with Gasteiger partial charge in [0, 0.05) is 10.3 Å². The lowest BCUT2D eigenvalue weighted by atomic mass is 10.0. The number of rotatable bonds is 3. The Bertz CT molecular complexity index is 363. The highest BCUT2D eigenvalue weighted by Crippen LogP contribution is 2.30. The lowest BCUT2D eigenvalue weighted by molar-refractivity contribution is 0.0594. The van der Waals surface area contributed by atoms with E-state index in [1.165, 1.54) is 25.5 Å². The van der Waals surface area contributed by atoms with Crippen molar-refractivity contribution in [2.45, 2.75) is 18.9 Å². The van der Waals surface area contributed by atoms with Gasteiger partial charge in [-0.25, -0.2) is 13.6 Å². The summed E-state index contributed by atoms with van der Waals surface area (Å²) in [7, 11) is 1.23. The second-order valence-corrected chi connectivity index (χ2v) is 4.19. The van der Waals surface area contributed by atoms with Crippen molar-refractivity contribution < 1.29 is 18.3 Å². The molecule has 1 atom stereocenters. The summed E-state index contributed by atoms with van der Waals surface area (Å²) in [5.74, 6) is -0.553. The smallest absolute Gasteiger partial charge is 0.338 e. The molecule has 1 heterocycles. The minimum Gasteiger partial charge on any atom is -0.465 e. The zero-order valence-corrected chi connectivity index (χ0v) is 9.11. The van der Waals surface area contributed by atoms with Crippen molar-refractivity contribution in [3.05, 3.63) is 21.9 Å². The number of halogens is 2. The molecule has 1 aromatic heterocycles. The predicted octanol–water partition coefficient (Wildman–Crippen LogP) is 1.97. The first-order valence-corrected chi connectivity index (χ1v) is 5.02. The SMILES string of the molecule is COC(=O)c1csc(C(C)(N)C(F)F)c1. The highest BCUT2D eigenvalue weighted by Gasteiger charge is 2.34. The average Bonchev–Trinajstić information content (AvgIpc) is 2.65. The quantitative estimate of drug-likeness (QED) is 0.815. The molecular formula is C9H11F2NO2S. The number of carbonyl (C=O) groups is 1. The molecule has 0 fully saturated rings. The van der Waals surface area contributed by atoms with E-state index in [4.69, 9.17) is 5.73 Å². The van der Waals surface area contributed by atoms with Crippen LogP contribution in [0.3, 0.4) is 0 Å². The van der Waals surface area contributed by atoms with E-state index in [9.17, 15) is 13.6 Å². The third-order valence-corrected chi connectivity index (χ3v) is 3.19. The summed E-state index contributed by atoms with van der Waals surface area (Å²) in [6.07, 6.45) is -2.68. The second kappa shape index (κ2) is 4.24. The number of thiophene rings is 1. The van der Waals surface area contributed by atoms with Crippen molar-refractivity contribution in [3.63, 3.8) is 0 Å². The minimum atomic E-state index is -2.68. The molecule has 0 spiro atoms. The lowest BCUT2D eigenvalue weighted by Crippen LogP contribution is -2.39. The molecule has 0 aliphatic carbocycles. The Labute approximate surface area is 89.8 Å². The zero-order chi connectivity index (χ0) is 11.6. The van der Waals surface area contributed by atoms with Crippen molar-refractivity contribution in [2.24, 2.45) is 5.73 Å². The van der Waals surface area contributed by atoms with Crippen LogP contribution in [0.5, 0.6) is 0 Å². The van der Waals surface area contributed by atoms with Gasteiger partial charge in [0.15, 0.2) is 0 Å². The maximum absolute atomic E-state index is 12.6. The monoisotopic (exact) mass is 235 g/mol. The molecule has 1 unspecified atom stereocenters. The largest absolute Gasteiger partial charge is 0.465 e. The van der Waals surface area contributed by atoms with Crippen molar-refractivity contribution in [1.82, 2.24) is 0 Å². The molecule has 0 saturated carbocycles. The molecule has 0 aromatic carbocycles. The van der Waals surface area contributed by atoms with Crippen LogP contribution in [0.4, 0.5) is 8.78 Å². The second-order valence-electron chi connectivity index (χ2n) is 3.27. The van der Waals surface area contributed by atoms with Crippen molar-refractivity contribution in [2.75, 3.05) is 7.11 Å². The van der Waals surface area contributed by atoms with E-state index in [-0.39, 0.29) is 10.4 Å². The van der Waals surface area contributed by atoms with Crippen LogP contribution in [0.2, 0.25) is 0 Å². The number of nitrogens with two attached hydrogens (primary N) is 1. The van der Waals surface area contributed by atoms with E-state index < -0.39 is 17.9 Å². The standard InChI is InChI=1S/C9H11F2NO2S/c1-9(12,8(10)11)6-3-5(4-15-6)7(13)14-2/h3-4,8H,12H2,1-2H3. The van der Waals surface area contributed by atoms with Gasteiger partial charge in [-0.3, -0.25) is 0 Å². The van der Waals surface area contributed by atoms with Gasteiger partial charge in [-0.2, -0.15) is 0 Å². The highest BCUT2D eigenvalue weighted by atomic mass is 32.1. The Morgan fingerprint density at radius 1 is 1.67 bits per heavy atom. The number of alkyl halides is 2. The Morgan fingerprint density at radius 3 is 2.73 bits per heavy atom. The zero-order valence-electron chi connectivity index (χ0n) is 8.29. The summed E-state index contributed by atoms with van der Waals surface area (Å²) in [4.78, 5) is 11.3. The third-order valence-electron chi connectivity index (χ3n) is 2.00. The number of methoxy groups -OCH3 is 1. The molecule has 0 amide bonds. The summed E-state index contributed by atoms with van der Waals surface area (Å²) >= 11 is 1.02. The van der Waals surface area contributed by atoms with E-state index in [1.54, 1.807) is 0 Å². The predicted molar refractivity (Wildman–Crippen MR) is 53.2 cm³/mol. The highest BCUT2D eigenvalue weighted by molar-refractivity contribution is 7.10. The molecule has 0 saturated heterocycles. The van der Waals surface area contributed by atoms with Gasteiger partial charge >= 0.3 is 5.97 Å². The van der Waals surface area contributed by atoms with Crippen LogP contribution < -0.4 is 5.73 Å². The molecule has 0 radical (unpaired) electrons. The molecule has 15 heavy (non-hydrogen) atoms. The van der Waals surface area contributed by atoms with Gasteiger partial charge in [0.25, 0.3) is 6.43 Å². The van der Waals surface area contributed by atoms with Gasteiger partial charge in [0.05, 0.1) is 12.7 Å². The van der Waals surface area contributed by atoms with Gasteiger partial charge in [-0.15, -0.1) is 11.3 Å². The topological polar surface area (TPSA) is 52.3 Å². The van der Waals surface area contributed by atoms with Gasteiger partial charge < -0.3 is 10.5 Å². The van der Waals surface area contributed by atoms with Crippen LogP contribution in [-0.4, -0.2) is 19.5 Å². The van der Waals surface area contributed by atoms with Crippen LogP contribution in [-0.2, 0) is 10.3 Å². The van der Waals surface area contributed by atoms with E-state index in [1.807, 2.05) is 0 Å². The molecule has 0 aliphatic heterocycles. The maximum atomic E-state index is 12.6. The number of hydrogen-bond acceptors (Lipinski definition) is 4. The maximum Gasteiger partial charge on any atom is 0.338 e. The Morgan fingerprint density at radius 2 is 2.27 bits per heavy atom.